The molecule has 6 heteroatoms. The molecule has 2 amide bonds. The third kappa shape index (κ3) is 6.05. The highest BCUT2D eigenvalue weighted by Crippen LogP contribution is 2.19. The number of benzene rings is 1. The van der Waals surface area contributed by atoms with E-state index in [-0.39, 0.29) is 18.4 Å². The Hall–Kier alpha value is -2.08. The van der Waals surface area contributed by atoms with E-state index in [0.717, 1.165) is 13.1 Å². The van der Waals surface area contributed by atoms with Crippen molar-refractivity contribution in [1.82, 2.24) is 15.5 Å². The number of ether oxygens (including phenoxy) is 1. The van der Waals surface area contributed by atoms with E-state index < -0.39 is 0 Å². The summed E-state index contributed by atoms with van der Waals surface area (Å²) in [5.74, 6) is 0.0575. The molecule has 0 aromatic heterocycles. The van der Waals surface area contributed by atoms with Crippen molar-refractivity contribution in [2.45, 2.75) is 39.2 Å². The zero-order valence-corrected chi connectivity index (χ0v) is 15.2. The van der Waals surface area contributed by atoms with Crippen molar-refractivity contribution in [1.29, 1.82) is 0 Å². The topological polar surface area (TPSA) is 70.7 Å². The van der Waals surface area contributed by atoms with Gasteiger partial charge in [0.2, 0.25) is 5.91 Å². The second-order valence-corrected chi connectivity index (χ2v) is 6.36. The number of rotatable bonds is 8. The fourth-order valence-corrected chi connectivity index (χ4v) is 3.06. The number of amides is 2. The van der Waals surface area contributed by atoms with Crippen molar-refractivity contribution < 1.29 is 14.3 Å². The zero-order chi connectivity index (χ0) is 18.1. The Balaban J connectivity index is 1.86. The molecular formula is C19H29N3O3. The minimum absolute atomic E-state index is 0.0354. The summed E-state index contributed by atoms with van der Waals surface area (Å²) in [4.78, 5) is 26.2. The number of hydrogen-bond donors (Lipinski definition) is 2. The highest BCUT2D eigenvalue weighted by Gasteiger charge is 2.18. The normalized spacial score (nSPS) is 17.8. The Labute approximate surface area is 149 Å². The highest BCUT2D eigenvalue weighted by molar-refractivity contribution is 5.98. The molecule has 25 heavy (non-hydrogen) atoms. The molecule has 138 valence electrons. The molecule has 6 nitrogen and oxygen atoms in total. The van der Waals surface area contributed by atoms with E-state index >= 15 is 0 Å². The molecule has 0 aliphatic carbocycles. The van der Waals surface area contributed by atoms with E-state index in [1.54, 1.807) is 18.2 Å². The van der Waals surface area contributed by atoms with Gasteiger partial charge in [0.15, 0.2) is 0 Å². The molecule has 0 saturated carbocycles. The van der Waals surface area contributed by atoms with Gasteiger partial charge >= 0.3 is 0 Å². The SMILES string of the molecule is CCNC(=O)CNC(=O)c1ccccc1OCCN1CCCCC1C. The van der Waals surface area contributed by atoms with Gasteiger partial charge in [0.25, 0.3) is 5.91 Å². The molecule has 2 rings (SSSR count). The maximum absolute atomic E-state index is 12.3. The molecule has 0 radical (unpaired) electrons. The lowest BCUT2D eigenvalue weighted by Crippen LogP contribution is -2.40. The number of hydrogen-bond acceptors (Lipinski definition) is 4. The minimum atomic E-state index is -0.298. The van der Waals surface area contributed by atoms with E-state index in [4.69, 9.17) is 4.74 Å². The standard InChI is InChI=1S/C19H29N3O3/c1-3-20-18(23)14-21-19(24)16-9-4-5-10-17(16)25-13-12-22-11-7-6-8-15(22)2/h4-5,9-10,15H,3,6-8,11-14H2,1-2H3,(H,20,23)(H,21,24). The van der Waals surface area contributed by atoms with Crippen LogP contribution in [0.15, 0.2) is 24.3 Å². The molecule has 1 unspecified atom stereocenters. The molecule has 1 aliphatic heterocycles. The Bertz CT molecular complexity index is 577. The Kier molecular flexibility index (Phi) is 7.73. The number of para-hydroxylation sites is 1. The summed E-state index contributed by atoms with van der Waals surface area (Å²) in [6.45, 7) is 7.11. The summed E-state index contributed by atoms with van der Waals surface area (Å²) >= 11 is 0. The van der Waals surface area contributed by atoms with Crippen molar-refractivity contribution >= 4 is 11.8 Å². The van der Waals surface area contributed by atoms with Crippen molar-refractivity contribution in [3.8, 4) is 5.75 Å². The smallest absolute Gasteiger partial charge is 0.255 e. The maximum Gasteiger partial charge on any atom is 0.255 e. The number of piperidine rings is 1. The van der Waals surface area contributed by atoms with Gasteiger partial charge in [0.1, 0.15) is 12.4 Å². The van der Waals surface area contributed by atoms with E-state index in [2.05, 4.69) is 22.5 Å². The number of likely N-dealkylation sites (N-methyl/N-ethyl adjacent to an activating group) is 1. The Morgan fingerprint density at radius 2 is 2.04 bits per heavy atom. The van der Waals surface area contributed by atoms with Gasteiger partial charge < -0.3 is 15.4 Å². The third-order valence-corrected chi connectivity index (χ3v) is 4.49. The van der Waals surface area contributed by atoms with Gasteiger partial charge in [-0.15, -0.1) is 0 Å². The first-order valence-electron chi connectivity index (χ1n) is 9.12. The van der Waals surface area contributed by atoms with E-state index in [9.17, 15) is 9.59 Å². The molecule has 0 spiro atoms. The van der Waals surface area contributed by atoms with Crippen LogP contribution in [0.4, 0.5) is 0 Å². The van der Waals surface area contributed by atoms with Crippen LogP contribution in [0, 0.1) is 0 Å². The van der Waals surface area contributed by atoms with Crippen LogP contribution in [-0.4, -0.2) is 55.5 Å². The largest absolute Gasteiger partial charge is 0.491 e. The second kappa shape index (κ2) is 10.0. The molecule has 1 saturated heterocycles. The number of nitrogens with zero attached hydrogens (tertiary/aromatic N) is 1. The predicted octanol–water partition coefficient (Wildman–Crippen LogP) is 1.81. The van der Waals surface area contributed by atoms with E-state index in [1.807, 2.05) is 13.0 Å². The average Bonchev–Trinajstić information content (AvgIpc) is 2.62. The van der Waals surface area contributed by atoms with Gasteiger partial charge in [0, 0.05) is 19.1 Å². The average molecular weight is 347 g/mol. The molecule has 1 fully saturated rings. The lowest BCUT2D eigenvalue weighted by Gasteiger charge is -2.33. The fraction of sp³-hybridized carbons (Fsp3) is 0.579. The van der Waals surface area contributed by atoms with Gasteiger partial charge in [-0.1, -0.05) is 18.6 Å². The van der Waals surface area contributed by atoms with Crippen molar-refractivity contribution in [3.63, 3.8) is 0 Å². The molecular weight excluding hydrogens is 318 g/mol. The van der Waals surface area contributed by atoms with Gasteiger partial charge in [-0.25, -0.2) is 0 Å². The van der Waals surface area contributed by atoms with E-state index in [0.29, 0.717) is 30.5 Å². The van der Waals surface area contributed by atoms with Crippen molar-refractivity contribution in [2.75, 3.05) is 32.8 Å². The number of carbonyl (C=O) groups excluding carboxylic acids is 2. The summed E-state index contributed by atoms with van der Waals surface area (Å²) in [5.41, 5.74) is 0.457. The summed E-state index contributed by atoms with van der Waals surface area (Å²) in [5, 5.41) is 5.28. The van der Waals surface area contributed by atoms with Crippen LogP contribution in [0.1, 0.15) is 43.5 Å². The van der Waals surface area contributed by atoms with Gasteiger partial charge in [-0.2, -0.15) is 0 Å². The van der Waals surface area contributed by atoms with Crippen molar-refractivity contribution in [3.05, 3.63) is 29.8 Å². The monoisotopic (exact) mass is 347 g/mol. The van der Waals surface area contributed by atoms with Crippen LogP contribution in [0.25, 0.3) is 0 Å². The lowest BCUT2D eigenvalue weighted by molar-refractivity contribution is -0.120. The Morgan fingerprint density at radius 3 is 2.80 bits per heavy atom. The second-order valence-electron chi connectivity index (χ2n) is 6.36. The van der Waals surface area contributed by atoms with Crippen LogP contribution < -0.4 is 15.4 Å². The van der Waals surface area contributed by atoms with E-state index in [1.165, 1.54) is 19.3 Å². The highest BCUT2D eigenvalue weighted by atomic mass is 16.5. The summed E-state index contributed by atoms with van der Waals surface area (Å²) < 4.78 is 5.86. The fourth-order valence-electron chi connectivity index (χ4n) is 3.06. The molecule has 0 bridgehead atoms. The summed E-state index contributed by atoms with van der Waals surface area (Å²) in [6.07, 6.45) is 3.77. The predicted molar refractivity (Wildman–Crippen MR) is 97.8 cm³/mol. The lowest BCUT2D eigenvalue weighted by atomic mass is 10.0. The first kappa shape index (κ1) is 19.2. The first-order valence-corrected chi connectivity index (χ1v) is 9.12. The maximum atomic E-state index is 12.3. The van der Waals surface area contributed by atoms with Gasteiger partial charge in [0.05, 0.1) is 12.1 Å². The number of likely N-dealkylation sites (tertiary alicyclic amines) is 1. The summed E-state index contributed by atoms with van der Waals surface area (Å²) in [6, 6.07) is 7.74. The van der Waals surface area contributed by atoms with Crippen LogP contribution in [-0.2, 0) is 4.79 Å². The molecule has 1 aliphatic rings. The van der Waals surface area contributed by atoms with Crippen LogP contribution in [0.5, 0.6) is 5.75 Å². The van der Waals surface area contributed by atoms with Gasteiger partial charge in [-0.05, 0) is 45.4 Å². The quantitative estimate of drug-likeness (QED) is 0.752. The summed E-state index contributed by atoms with van der Waals surface area (Å²) in [7, 11) is 0. The molecule has 2 N–H and O–H groups in total. The minimum Gasteiger partial charge on any atom is -0.491 e. The first-order chi connectivity index (χ1) is 12.1. The number of nitrogens with one attached hydrogen (secondary N) is 2. The van der Waals surface area contributed by atoms with Crippen LogP contribution >= 0.6 is 0 Å². The number of carbonyl (C=O) groups is 2. The van der Waals surface area contributed by atoms with Gasteiger partial charge in [-0.3, -0.25) is 14.5 Å². The zero-order valence-electron chi connectivity index (χ0n) is 15.2. The van der Waals surface area contributed by atoms with Crippen LogP contribution in [0.3, 0.4) is 0 Å². The van der Waals surface area contributed by atoms with Crippen LogP contribution in [0.2, 0.25) is 0 Å². The Morgan fingerprint density at radius 1 is 1.24 bits per heavy atom. The molecule has 1 heterocycles. The molecule has 1 aromatic rings. The third-order valence-electron chi connectivity index (χ3n) is 4.49. The molecule has 1 atom stereocenters. The van der Waals surface area contributed by atoms with Crippen molar-refractivity contribution in [2.24, 2.45) is 0 Å². The molecule has 1 aromatic carbocycles.